The quantitative estimate of drug-likeness (QED) is 0.193. The number of aromatic nitrogens is 3. The number of halogens is 5. The van der Waals surface area contributed by atoms with Gasteiger partial charge in [0.15, 0.2) is 0 Å². The lowest BCUT2D eigenvalue weighted by Crippen LogP contribution is -2.27. The fraction of sp³-hybridized carbons (Fsp3) is 0.400. The molecule has 0 saturated heterocycles. The van der Waals surface area contributed by atoms with Crippen LogP contribution < -0.4 is 9.64 Å². The van der Waals surface area contributed by atoms with E-state index in [1.807, 2.05) is 18.0 Å². The Hall–Kier alpha value is -4.52. The summed E-state index contributed by atoms with van der Waals surface area (Å²) in [5.41, 5.74) is 1.30. The number of aryl methyl sites for hydroxylation is 1. The van der Waals surface area contributed by atoms with Gasteiger partial charge in [0.1, 0.15) is 18.2 Å². The van der Waals surface area contributed by atoms with E-state index in [-0.39, 0.29) is 28.8 Å². The minimum absolute atomic E-state index is 0.00173. The third-order valence-electron chi connectivity index (χ3n) is 9.43. The highest BCUT2D eigenvalue weighted by molar-refractivity contribution is 5.78. The smallest absolute Gasteiger partial charge is 0.417 e. The van der Waals surface area contributed by atoms with Gasteiger partial charge in [0, 0.05) is 52.8 Å². The molecule has 0 unspecified atom stereocenters. The Labute approximate surface area is 272 Å². The maximum atomic E-state index is 15.7. The van der Waals surface area contributed by atoms with Gasteiger partial charge in [0.25, 0.3) is 0 Å². The molecule has 4 aromatic rings. The van der Waals surface area contributed by atoms with E-state index in [2.05, 4.69) is 10.1 Å². The van der Waals surface area contributed by atoms with Gasteiger partial charge in [-0.1, -0.05) is 6.92 Å². The van der Waals surface area contributed by atoms with Gasteiger partial charge in [0.2, 0.25) is 5.88 Å². The highest BCUT2D eigenvalue weighted by Crippen LogP contribution is 2.62. The molecule has 0 bridgehead atoms. The van der Waals surface area contributed by atoms with Crippen molar-refractivity contribution in [3.63, 3.8) is 0 Å². The summed E-state index contributed by atoms with van der Waals surface area (Å²) in [5.74, 6) is -3.24. The van der Waals surface area contributed by atoms with Crippen molar-refractivity contribution in [1.29, 1.82) is 0 Å². The molecular weight excluding hydrogens is 635 g/mol. The molecule has 1 fully saturated rings. The number of pyridine rings is 1. The van der Waals surface area contributed by atoms with E-state index in [9.17, 15) is 28.2 Å². The molecule has 252 valence electrons. The molecule has 13 heteroatoms. The van der Waals surface area contributed by atoms with Crippen LogP contribution in [-0.2, 0) is 50.1 Å². The number of aliphatic hydroxyl groups is 1. The second kappa shape index (κ2) is 11.3. The number of fused-ring (bicyclic) bond motifs is 4. The van der Waals surface area contributed by atoms with Crippen LogP contribution in [0.25, 0.3) is 11.1 Å². The van der Waals surface area contributed by atoms with Crippen LogP contribution in [0, 0.1) is 23.5 Å². The zero-order valence-electron chi connectivity index (χ0n) is 26.4. The first-order valence-electron chi connectivity index (χ1n) is 15.7. The van der Waals surface area contributed by atoms with Crippen LogP contribution in [0.2, 0.25) is 0 Å². The Balaban J connectivity index is 1.13. The van der Waals surface area contributed by atoms with Crippen molar-refractivity contribution in [2.45, 2.75) is 77.5 Å². The summed E-state index contributed by atoms with van der Waals surface area (Å²) < 4.78 is 80.6. The molecular formula is C35H33F5N4O4. The summed E-state index contributed by atoms with van der Waals surface area (Å²) in [5, 5.41) is 24.0. The third-order valence-corrected chi connectivity index (χ3v) is 9.43. The van der Waals surface area contributed by atoms with Crippen LogP contribution in [0.5, 0.6) is 5.88 Å². The molecule has 0 amide bonds. The number of rotatable bonds is 9. The Morgan fingerprint density at radius 2 is 1.81 bits per heavy atom. The molecule has 2 aromatic heterocycles. The third kappa shape index (κ3) is 5.78. The Morgan fingerprint density at radius 3 is 2.46 bits per heavy atom. The van der Waals surface area contributed by atoms with Crippen molar-refractivity contribution in [1.82, 2.24) is 14.8 Å². The number of carboxylic acid groups (broad SMARTS) is 1. The number of carbonyl (C=O) groups is 1. The van der Waals surface area contributed by atoms with Crippen molar-refractivity contribution in [3.05, 3.63) is 93.4 Å². The average Bonchev–Trinajstić information content (AvgIpc) is 3.22. The molecule has 3 atom stereocenters. The summed E-state index contributed by atoms with van der Waals surface area (Å²) in [6, 6.07) is 6.95. The second-order valence-corrected chi connectivity index (χ2v) is 13.5. The number of benzene rings is 2. The first kappa shape index (κ1) is 32.0. The maximum Gasteiger partial charge on any atom is 0.417 e. The van der Waals surface area contributed by atoms with Gasteiger partial charge in [0.05, 0.1) is 35.9 Å². The Kier molecular flexibility index (Phi) is 7.53. The number of anilines is 1. The zero-order valence-corrected chi connectivity index (χ0v) is 26.4. The van der Waals surface area contributed by atoms with Crippen molar-refractivity contribution < 1.29 is 41.7 Å². The molecule has 48 heavy (non-hydrogen) atoms. The zero-order chi connectivity index (χ0) is 34.3. The molecule has 3 aliphatic rings. The number of aliphatic carboxylic acids is 1. The number of nitrogens with zero attached hydrogens (tertiary/aromatic N) is 4. The Bertz CT molecular complexity index is 1930. The monoisotopic (exact) mass is 668 g/mol. The van der Waals surface area contributed by atoms with Gasteiger partial charge in [-0.05, 0) is 79.6 Å². The normalized spacial score (nSPS) is 19.7. The molecule has 3 heterocycles. The van der Waals surface area contributed by atoms with Crippen molar-refractivity contribution in [2.75, 3.05) is 4.90 Å². The number of ether oxygens (including phenoxy) is 1. The van der Waals surface area contributed by atoms with E-state index >= 15 is 8.78 Å². The van der Waals surface area contributed by atoms with Gasteiger partial charge >= 0.3 is 12.1 Å². The van der Waals surface area contributed by atoms with Gasteiger partial charge in [-0.15, -0.1) is 0 Å². The fourth-order valence-electron chi connectivity index (χ4n) is 7.30. The van der Waals surface area contributed by atoms with Crippen LogP contribution in [-0.4, -0.2) is 36.5 Å². The van der Waals surface area contributed by atoms with E-state index in [0.717, 1.165) is 34.5 Å². The van der Waals surface area contributed by atoms with Gasteiger partial charge in [-0.25, -0.2) is 13.8 Å². The van der Waals surface area contributed by atoms with E-state index in [1.54, 1.807) is 24.6 Å². The SMILES string of the molecule is CCc1nc(OCc2cc(-c3ccc(N4Cc5cn(CC(C)(C)O)nc5C4)cc3F)c(C(F)(F)F)cc2F)cc2c1[C@H]1[C@@H](C2)[C@@H]1C(=O)O. The van der Waals surface area contributed by atoms with Crippen LogP contribution in [0.1, 0.15) is 65.9 Å². The predicted octanol–water partition coefficient (Wildman–Crippen LogP) is 6.64. The summed E-state index contributed by atoms with van der Waals surface area (Å²) >= 11 is 0. The lowest BCUT2D eigenvalue weighted by molar-refractivity contribution is -0.139. The molecule has 0 spiro atoms. The fourth-order valence-corrected chi connectivity index (χ4v) is 7.30. The minimum Gasteiger partial charge on any atom is -0.481 e. The molecule has 0 radical (unpaired) electrons. The average molecular weight is 669 g/mol. The van der Waals surface area contributed by atoms with E-state index in [0.29, 0.717) is 49.9 Å². The summed E-state index contributed by atoms with van der Waals surface area (Å²) in [4.78, 5) is 17.9. The maximum absolute atomic E-state index is 15.7. The Morgan fingerprint density at radius 1 is 1.04 bits per heavy atom. The molecule has 1 aliphatic heterocycles. The number of hydrogen-bond donors (Lipinski definition) is 2. The van der Waals surface area contributed by atoms with E-state index in [1.165, 1.54) is 12.1 Å². The molecule has 2 aromatic carbocycles. The highest BCUT2D eigenvalue weighted by Gasteiger charge is 2.60. The molecule has 8 nitrogen and oxygen atoms in total. The van der Waals surface area contributed by atoms with E-state index < -0.39 is 53.0 Å². The number of hydrogen-bond acceptors (Lipinski definition) is 6. The van der Waals surface area contributed by atoms with Gasteiger partial charge < -0.3 is 19.8 Å². The largest absolute Gasteiger partial charge is 0.481 e. The molecule has 2 aliphatic carbocycles. The standard InChI is InChI=1S/C35H33F5N4O4/c1-4-27-30-17(7-23-31(30)32(23)33(45)46)9-29(41-27)48-15-18-8-22(24(11-25(18)36)35(38,39)40)21-6-5-20(10-26(21)37)43-12-19-13-44(16-34(2,3)47)42-28(19)14-43/h5-6,8-11,13,23,31-32,47H,4,7,12,14-16H2,1-3H3,(H,45,46)/t23-,31-,32+/m1/s1. The molecule has 2 N–H and O–H groups in total. The van der Waals surface area contributed by atoms with Crippen LogP contribution in [0.3, 0.4) is 0 Å². The van der Waals surface area contributed by atoms with Crippen LogP contribution in [0.4, 0.5) is 27.6 Å². The van der Waals surface area contributed by atoms with Crippen molar-refractivity contribution in [2.24, 2.45) is 11.8 Å². The lowest BCUT2D eigenvalue weighted by Gasteiger charge is -2.21. The lowest BCUT2D eigenvalue weighted by atomic mass is 9.95. The predicted molar refractivity (Wildman–Crippen MR) is 164 cm³/mol. The van der Waals surface area contributed by atoms with E-state index in [4.69, 9.17) is 4.74 Å². The van der Waals surface area contributed by atoms with Crippen LogP contribution >= 0.6 is 0 Å². The van der Waals surface area contributed by atoms with Crippen LogP contribution in [0.15, 0.2) is 42.6 Å². The summed E-state index contributed by atoms with van der Waals surface area (Å²) in [6.45, 7) is 5.84. The van der Waals surface area contributed by atoms with Crippen molar-refractivity contribution in [3.8, 4) is 17.0 Å². The summed E-state index contributed by atoms with van der Waals surface area (Å²) in [6.07, 6.45) is -2.07. The second-order valence-electron chi connectivity index (χ2n) is 13.5. The topological polar surface area (TPSA) is 101 Å². The minimum atomic E-state index is -4.96. The molecule has 1 saturated carbocycles. The van der Waals surface area contributed by atoms with Gasteiger partial charge in [-0.3, -0.25) is 9.48 Å². The first-order chi connectivity index (χ1) is 22.6. The highest BCUT2D eigenvalue weighted by atomic mass is 19.4. The number of alkyl halides is 3. The van der Waals surface area contributed by atoms with Gasteiger partial charge in [-0.2, -0.15) is 18.3 Å². The summed E-state index contributed by atoms with van der Waals surface area (Å²) in [7, 11) is 0. The van der Waals surface area contributed by atoms with Crippen molar-refractivity contribution >= 4 is 11.7 Å². The molecule has 7 rings (SSSR count). The first-order valence-corrected chi connectivity index (χ1v) is 15.7. The number of carboxylic acids is 1.